The number of hydrogen-bond donors (Lipinski definition) is 3. The van der Waals surface area contributed by atoms with Crippen LogP contribution in [-0.2, 0) is 24.3 Å². The number of benzene rings is 2. The fourth-order valence-electron chi connectivity index (χ4n) is 4.28. The second-order valence-corrected chi connectivity index (χ2v) is 12.5. The third-order valence-corrected chi connectivity index (χ3v) is 9.56. The second-order valence-electron chi connectivity index (χ2n) is 9.47. The zero-order chi connectivity index (χ0) is 29.6. The highest BCUT2D eigenvalue weighted by Gasteiger charge is 2.39. The number of ether oxygens (including phenoxy) is 1. The van der Waals surface area contributed by atoms with Gasteiger partial charge in [-0.2, -0.15) is 4.31 Å². The summed E-state index contributed by atoms with van der Waals surface area (Å²) in [4.78, 5) is 31.5. The van der Waals surface area contributed by atoms with E-state index < -0.39 is 27.1 Å². The van der Waals surface area contributed by atoms with Crippen LogP contribution < -0.4 is 16.4 Å². The Morgan fingerprint density at radius 3 is 2.48 bits per heavy atom. The van der Waals surface area contributed by atoms with Gasteiger partial charge in [0.15, 0.2) is 0 Å². The summed E-state index contributed by atoms with van der Waals surface area (Å²) in [6, 6.07) is 11.5. The van der Waals surface area contributed by atoms with Crippen molar-refractivity contribution in [3.8, 4) is 0 Å². The molecule has 10 nitrogen and oxygen atoms in total. The summed E-state index contributed by atoms with van der Waals surface area (Å²) in [5.74, 6) is -0.957. The molecular weight excluding hydrogens is 550 g/mol. The van der Waals surface area contributed by atoms with Crippen molar-refractivity contribution in [3.63, 3.8) is 0 Å². The van der Waals surface area contributed by atoms with Crippen LogP contribution in [0.3, 0.4) is 0 Å². The van der Waals surface area contributed by atoms with Crippen LogP contribution in [0, 0.1) is 13.8 Å². The Morgan fingerprint density at radius 1 is 1.15 bits per heavy atom. The first kappa shape index (κ1) is 31.3. The van der Waals surface area contributed by atoms with Crippen molar-refractivity contribution in [2.75, 3.05) is 32.1 Å². The molecule has 0 fully saturated rings. The Balaban J connectivity index is 1.95. The SMILES string of the molecule is CCN(CC)S(=O)(=O)c1cccc(NC(=O)[C@@H]2SC(=Nc3ccc(C)cc3C)C(C(=O)N[C@H](C)COC)=C2N)c1. The molecule has 0 saturated carbocycles. The van der Waals surface area contributed by atoms with E-state index in [1.165, 1.54) is 23.5 Å². The van der Waals surface area contributed by atoms with Gasteiger partial charge in [0.2, 0.25) is 15.9 Å². The second kappa shape index (κ2) is 13.4. The minimum atomic E-state index is -3.72. The maximum absolute atomic E-state index is 13.4. The average Bonchev–Trinajstić information content (AvgIpc) is 3.22. The van der Waals surface area contributed by atoms with Crippen LogP contribution >= 0.6 is 11.8 Å². The summed E-state index contributed by atoms with van der Waals surface area (Å²) in [7, 11) is -2.18. The number of carbonyl (C=O) groups is 2. The molecule has 1 aliphatic rings. The Labute approximate surface area is 240 Å². The topological polar surface area (TPSA) is 143 Å². The number of amides is 2. The summed E-state index contributed by atoms with van der Waals surface area (Å²) < 4.78 is 32.4. The molecule has 40 heavy (non-hydrogen) atoms. The van der Waals surface area contributed by atoms with E-state index in [0.29, 0.717) is 36.1 Å². The first-order valence-electron chi connectivity index (χ1n) is 13.0. The molecule has 216 valence electrons. The molecule has 2 aromatic rings. The highest BCUT2D eigenvalue weighted by molar-refractivity contribution is 8.16. The molecule has 2 amide bonds. The Bertz CT molecular complexity index is 1430. The summed E-state index contributed by atoms with van der Waals surface area (Å²) in [5.41, 5.74) is 9.58. The normalized spacial score (nSPS) is 17.4. The van der Waals surface area contributed by atoms with Gasteiger partial charge in [0.1, 0.15) is 10.3 Å². The molecule has 2 aromatic carbocycles. The molecule has 0 aromatic heterocycles. The third kappa shape index (κ3) is 7.11. The number of nitrogens with one attached hydrogen (secondary N) is 2. The smallest absolute Gasteiger partial charge is 0.256 e. The Hall–Kier alpha value is -3.19. The standard InChI is InChI=1S/C28H37N5O5S2/c1-7-33(8-2)40(36,37)21-11-9-10-20(15-21)31-27(35)25-24(29)23(26(34)30-19(5)16-38-6)28(39-25)32-22-13-12-17(3)14-18(22)4/h9-15,19,25H,7-8,16,29H2,1-6H3,(H,30,34)(H,31,35)/t19-,25-/m1/s1. The number of nitrogens with zero attached hydrogens (tertiary/aromatic N) is 2. The lowest BCUT2D eigenvalue weighted by Crippen LogP contribution is -2.38. The lowest BCUT2D eigenvalue weighted by atomic mass is 10.1. The van der Waals surface area contributed by atoms with Crippen molar-refractivity contribution in [1.29, 1.82) is 0 Å². The highest BCUT2D eigenvalue weighted by atomic mass is 32.2. The third-order valence-electron chi connectivity index (χ3n) is 6.29. The van der Waals surface area contributed by atoms with E-state index in [-0.39, 0.29) is 22.2 Å². The van der Waals surface area contributed by atoms with Crippen LogP contribution in [0.2, 0.25) is 0 Å². The van der Waals surface area contributed by atoms with Crippen LogP contribution in [0.5, 0.6) is 0 Å². The van der Waals surface area contributed by atoms with E-state index in [1.54, 1.807) is 32.9 Å². The van der Waals surface area contributed by atoms with Gasteiger partial charge in [-0.1, -0.05) is 49.4 Å². The largest absolute Gasteiger partial charge is 0.400 e. The molecule has 1 aliphatic heterocycles. The molecule has 4 N–H and O–H groups in total. The molecule has 12 heteroatoms. The number of anilines is 1. The lowest BCUT2D eigenvalue weighted by molar-refractivity contribution is -0.117. The molecule has 1 heterocycles. The molecule has 0 radical (unpaired) electrons. The number of sulfonamides is 1. The van der Waals surface area contributed by atoms with Crippen LogP contribution in [0.15, 0.2) is 63.6 Å². The van der Waals surface area contributed by atoms with Gasteiger partial charge in [0.25, 0.3) is 5.91 Å². The lowest BCUT2D eigenvalue weighted by Gasteiger charge is -2.19. The van der Waals surface area contributed by atoms with Crippen molar-refractivity contribution < 1.29 is 22.7 Å². The molecule has 0 bridgehead atoms. The van der Waals surface area contributed by atoms with Crippen molar-refractivity contribution in [1.82, 2.24) is 9.62 Å². The van der Waals surface area contributed by atoms with Gasteiger partial charge >= 0.3 is 0 Å². The van der Waals surface area contributed by atoms with E-state index in [9.17, 15) is 18.0 Å². The maximum Gasteiger partial charge on any atom is 0.256 e. The molecule has 0 saturated heterocycles. The number of thioether (sulfide) groups is 1. The fourth-order valence-corrected chi connectivity index (χ4v) is 6.89. The summed E-state index contributed by atoms with van der Waals surface area (Å²) in [6.45, 7) is 10.2. The zero-order valence-corrected chi connectivity index (χ0v) is 25.3. The van der Waals surface area contributed by atoms with E-state index in [1.807, 2.05) is 32.0 Å². The number of carbonyl (C=O) groups excluding carboxylic acids is 2. The quantitative estimate of drug-likeness (QED) is 0.365. The summed E-state index contributed by atoms with van der Waals surface area (Å²) in [5, 5.41) is 4.98. The van der Waals surface area contributed by atoms with Crippen molar-refractivity contribution in [2.24, 2.45) is 10.7 Å². The monoisotopic (exact) mass is 587 g/mol. The minimum absolute atomic E-state index is 0.0695. The average molecular weight is 588 g/mol. The predicted octanol–water partition coefficient (Wildman–Crippen LogP) is 3.48. The van der Waals surface area contributed by atoms with Gasteiger partial charge in [-0.05, 0) is 50.6 Å². The van der Waals surface area contributed by atoms with Crippen LogP contribution in [-0.4, -0.2) is 67.7 Å². The van der Waals surface area contributed by atoms with Crippen molar-refractivity contribution in [2.45, 2.75) is 50.8 Å². The number of methoxy groups -OCH3 is 1. The Morgan fingerprint density at radius 2 is 1.85 bits per heavy atom. The van der Waals surface area contributed by atoms with Crippen molar-refractivity contribution in [3.05, 3.63) is 64.9 Å². The van der Waals surface area contributed by atoms with E-state index in [4.69, 9.17) is 15.5 Å². The molecule has 2 atom stereocenters. The minimum Gasteiger partial charge on any atom is -0.400 e. The number of nitrogens with two attached hydrogens (primary N) is 1. The first-order valence-corrected chi connectivity index (χ1v) is 15.3. The van der Waals surface area contributed by atoms with Gasteiger partial charge in [-0.25, -0.2) is 13.4 Å². The van der Waals surface area contributed by atoms with E-state index in [2.05, 4.69) is 10.6 Å². The zero-order valence-electron chi connectivity index (χ0n) is 23.6. The summed E-state index contributed by atoms with van der Waals surface area (Å²) >= 11 is 1.07. The molecule has 0 unspecified atom stereocenters. The predicted molar refractivity (Wildman–Crippen MR) is 160 cm³/mol. The molecule has 3 rings (SSSR count). The van der Waals surface area contributed by atoms with Crippen LogP contribution in [0.4, 0.5) is 11.4 Å². The first-order chi connectivity index (χ1) is 18.9. The number of rotatable bonds is 11. The number of hydrogen-bond acceptors (Lipinski definition) is 8. The molecular formula is C28H37N5O5S2. The van der Waals surface area contributed by atoms with Gasteiger partial charge in [-0.3, -0.25) is 9.59 Å². The van der Waals surface area contributed by atoms with Gasteiger partial charge < -0.3 is 21.1 Å². The van der Waals surface area contributed by atoms with E-state index in [0.717, 1.165) is 22.9 Å². The van der Waals surface area contributed by atoms with Gasteiger partial charge in [-0.15, -0.1) is 0 Å². The molecule has 0 aliphatic carbocycles. The van der Waals surface area contributed by atoms with Crippen molar-refractivity contribution >= 4 is 50.0 Å². The van der Waals surface area contributed by atoms with E-state index >= 15 is 0 Å². The Kier molecular flexibility index (Phi) is 10.5. The highest BCUT2D eigenvalue weighted by Crippen LogP contribution is 2.36. The summed E-state index contributed by atoms with van der Waals surface area (Å²) in [6.07, 6.45) is 0. The van der Waals surface area contributed by atoms with Gasteiger partial charge in [0.05, 0.1) is 22.8 Å². The van der Waals surface area contributed by atoms with Crippen LogP contribution in [0.1, 0.15) is 31.9 Å². The van der Waals surface area contributed by atoms with Gasteiger partial charge in [0, 0.05) is 37.6 Å². The fraction of sp³-hybridized carbons (Fsp3) is 0.393. The maximum atomic E-state index is 13.4. The number of aliphatic imine (C=N–C) groups is 1. The molecule has 0 spiro atoms. The van der Waals surface area contributed by atoms with Crippen LogP contribution in [0.25, 0.3) is 0 Å². The number of aryl methyl sites for hydroxylation is 2.